The lowest BCUT2D eigenvalue weighted by Gasteiger charge is -2.31. The number of amides is 1. The van der Waals surface area contributed by atoms with Crippen LogP contribution in [0.4, 0.5) is 4.39 Å². The van der Waals surface area contributed by atoms with Crippen molar-refractivity contribution in [2.24, 2.45) is 0 Å². The van der Waals surface area contributed by atoms with E-state index in [0.717, 1.165) is 34.0 Å². The number of thiophene rings is 1. The molecule has 0 saturated carbocycles. The summed E-state index contributed by atoms with van der Waals surface area (Å²) in [5, 5.41) is 0. The smallest absolute Gasteiger partial charge is 0.243 e. The van der Waals surface area contributed by atoms with Crippen molar-refractivity contribution in [2.75, 3.05) is 45.9 Å². The number of hydrogen-bond acceptors (Lipinski definition) is 6. The lowest BCUT2D eigenvalue weighted by molar-refractivity contribution is -0.132. The summed E-state index contributed by atoms with van der Waals surface area (Å²) >= 11 is 1.59. The van der Waals surface area contributed by atoms with Crippen LogP contribution in [0.5, 0.6) is 0 Å². The number of nitrogens with zero attached hydrogens (tertiary/aromatic N) is 3. The van der Waals surface area contributed by atoms with Crippen LogP contribution in [0, 0.1) is 19.7 Å². The van der Waals surface area contributed by atoms with E-state index in [1.54, 1.807) is 52.6 Å². The van der Waals surface area contributed by atoms with Gasteiger partial charge in [-0.25, -0.2) is 12.8 Å². The lowest BCUT2D eigenvalue weighted by atomic mass is 10.2. The number of carbonyl (C=O) groups excluding carboxylic acids is 1. The normalized spacial score (nSPS) is 14.6. The molecule has 1 aromatic heterocycles. The second-order valence-corrected chi connectivity index (χ2v) is 12.8. The number of halogens is 1. The minimum Gasteiger partial charge on any atom is -0.379 e. The van der Waals surface area contributed by atoms with Gasteiger partial charge in [0, 0.05) is 42.5 Å². The van der Waals surface area contributed by atoms with Crippen molar-refractivity contribution in [1.29, 1.82) is 0 Å². The number of morpholine rings is 1. The number of benzene rings is 2. The predicted octanol–water partition coefficient (Wildman–Crippen LogP) is 4.06. The van der Waals surface area contributed by atoms with Crippen LogP contribution in [0.1, 0.15) is 20.9 Å². The number of rotatable bonds is 11. The van der Waals surface area contributed by atoms with E-state index in [4.69, 9.17) is 4.74 Å². The fourth-order valence-electron chi connectivity index (χ4n) is 4.27. The summed E-state index contributed by atoms with van der Waals surface area (Å²) in [5.41, 5.74) is 1.73. The van der Waals surface area contributed by atoms with Gasteiger partial charge in [0.15, 0.2) is 0 Å². The molecule has 1 aliphatic rings. The molecule has 0 N–H and O–H groups in total. The van der Waals surface area contributed by atoms with Gasteiger partial charge in [0.05, 0.1) is 31.2 Å². The molecule has 1 saturated heterocycles. The molecule has 38 heavy (non-hydrogen) atoms. The van der Waals surface area contributed by atoms with Crippen molar-refractivity contribution >= 4 is 27.3 Å². The summed E-state index contributed by atoms with van der Waals surface area (Å²) in [6.07, 6.45) is 0. The van der Waals surface area contributed by atoms with E-state index in [2.05, 4.69) is 4.90 Å². The molecule has 4 rings (SSSR count). The van der Waals surface area contributed by atoms with Crippen LogP contribution in [0.3, 0.4) is 0 Å². The molecule has 1 aliphatic heterocycles. The number of sulfonamides is 1. The average Bonchev–Trinajstić information content (AvgIpc) is 3.32. The van der Waals surface area contributed by atoms with Gasteiger partial charge in [0.2, 0.25) is 15.9 Å². The third kappa shape index (κ3) is 7.70. The fourth-order valence-corrected chi connectivity index (χ4v) is 6.56. The monoisotopic (exact) mass is 559 g/mol. The van der Waals surface area contributed by atoms with Crippen LogP contribution < -0.4 is 0 Å². The molecule has 1 fully saturated rings. The number of hydrogen-bond donors (Lipinski definition) is 0. The first kappa shape index (κ1) is 28.4. The number of aryl methyl sites for hydroxylation is 2. The molecule has 1 amide bonds. The van der Waals surface area contributed by atoms with Gasteiger partial charge in [-0.3, -0.25) is 9.69 Å². The molecule has 204 valence electrons. The van der Waals surface area contributed by atoms with Gasteiger partial charge in [-0.2, -0.15) is 4.31 Å². The Hall–Kier alpha value is -2.63. The quantitative estimate of drug-likeness (QED) is 0.355. The lowest BCUT2D eigenvalue weighted by Crippen LogP contribution is -2.46. The Balaban J connectivity index is 1.58. The van der Waals surface area contributed by atoms with Gasteiger partial charge in [-0.15, -0.1) is 11.3 Å². The molecule has 3 aromatic rings. The first-order chi connectivity index (χ1) is 18.2. The van der Waals surface area contributed by atoms with Crippen LogP contribution in [-0.4, -0.2) is 74.4 Å². The van der Waals surface area contributed by atoms with E-state index in [9.17, 15) is 17.6 Å². The standard InChI is InChI=1S/C28H34FN3O4S2/c1-22-3-11-27(12-4-22)38(34,35)32(14-13-30-15-17-36-18-16-30)21-28(33)31(20-26-10-5-23(2)37-26)19-24-6-8-25(29)9-7-24/h3-12H,13-21H2,1-2H3. The summed E-state index contributed by atoms with van der Waals surface area (Å²) in [7, 11) is -3.91. The Bertz CT molecular complexity index is 1300. The van der Waals surface area contributed by atoms with Crippen molar-refractivity contribution in [3.05, 3.63) is 87.4 Å². The molecule has 2 heterocycles. The van der Waals surface area contributed by atoms with E-state index < -0.39 is 10.0 Å². The van der Waals surface area contributed by atoms with Gasteiger partial charge < -0.3 is 9.64 Å². The third-order valence-electron chi connectivity index (χ3n) is 6.52. The largest absolute Gasteiger partial charge is 0.379 e. The van der Waals surface area contributed by atoms with E-state index in [1.807, 2.05) is 26.0 Å². The highest BCUT2D eigenvalue weighted by Gasteiger charge is 2.29. The molecule has 0 unspecified atom stereocenters. The molecule has 2 aromatic carbocycles. The molecule has 0 spiro atoms. The first-order valence-electron chi connectivity index (χ1n) is 12.7. The summed E-state index contributed by atoms with van der Waals surface area (Å²) in [5.74, 6) is -0.656. The second-order valence-electron chi connectivity index (χ2n) is 9.49. The summed E-state index contributed by atoms with van der Waals surface area (Å²) in [4.78, 5) is 19.8. The zero-order valence-corrected chi connectivity index (χ0v) is 23.4. The zero-order valence-electron chi connectivity index (χ0n) is 21.8. The van der Waals surface area contributed by atoms with Crippen molar-refractivity contribution in [3.8, 4) is 0 Å². The Kier molecular flexibility index (Phi) is 9.67. The van der Waals surface area contributed by atoms with Crippen molar-refractivity contribution < 1.29 is 22.3 Å². The molecular formula is C28H34FN3O4S2. The Labute approximate surface area is 228 Å². The van der Waals surface area contributed by atoms with E-state index in [-0.39, 0.29) is 36.3 Å². The Morgan fingerprint density at radius 3 is 2.29 bits per heavy atom. The van der Waals surface area contributed by atoms with Crippen LogP contribution in [0.15, 0.2) is 65.6 Å². The first-order valence-corrected chi connectivity index (χ1v) is 14.9. The van der Waals surface area contributed by atoms with Gasteiger partial charge in [-0.05, 0) is 55.8 Å². The predicted molar refractivity (Wildman–Crippen MR) is 147 cm³/mol. The van der Waals surface area contributed by atoms with Crippen LogP contribution >= 0.6 is 11.3 Å². The van der Waals surface area contributed by atoms with Crippen LogP contribution in [-0.2, 0) is 32.6 Å². The molecular weight excluding hydrogens is 525 g/mol. The van der Waals surface area contributed by atoms with E-state index >= 15 is 0 Å². The number of ether oxygens (including phenoxy) is 1. The summed E-state index contributed by atoms with van der Waals surface area (Å²) in [6.45, 7) is 7.55. The zero-order chi connectivity index (χ0) is 27.1. The molecule has 0 radical (unpaired) electrons. The maximum absolute atomic E-state index is 13.7. The highest BCUT2D eigenvalue weighted by Crippen LogP contribution is 2.21. The molecule has 0 bridgehead atoms. The fraction of sp³-hybridized carbons (Fsp3) is 0.393. The SMILES string of the molecule is Cc1ccc(S(=O)(=O)N(CCN2CCOCC2)CC(=O)N(Cc2ccc(F)cc2)Cc2ccc(C)s2)cc1. The maximum Gasteiger partial charge on any atom is 0.243 e. The van der Waals surface area contributed by atoms with E-state index in [0.29, 0.717) is 26.3 Å². The number of carbonyl (C=O) groups is 1. The third-order valence-corrected chi connectivity index (χ3v) is 9.37. The van der Waals surface area contributed by atoms with Crippen molar-refractivity contribution in [3.63, 3.8) is 0 Å². The van der Waals surface area contributed by atoms with Crippen molar-refractivity contribution in [2.45, 2.75) is 31.8 Å². The van der Waals surface area contributed by atoms with Gasteiger partial charge in [0.25, 0.3) is 0 Å². The van der Waals surface area contributed by atoms with Gasteiger partial charge in [0.1, 0.15) is 5.82 Å². The summed E-state index contributed by atoms with van der Waals surface area (Å²) < 4.78 is 47.6. The molecule has 7 nitrogen and oxygen atoms in total. The van der Waals surface area contributed by atoms with Gasteiger partial charge >= 0.3 is 0 Å². The van der Waals surface area contributed by atoms with Crippen molar-refractivity contribution in [1.82, 2.24) is 14.1 Å². The van der Waals surface area contributed by atoms with Crippen LogP contribution in [0.25, 0.3) is 0 Å². The van der Waals surface area contributed by atoms with Crippen LogP contribution in [0.2, 0.25) is 0 Å². The highest BCUT2D eigenvalue weighted by atomic mass is 32.2. The molecule has 0 aliphatic carbocycles. The molecule has 10 heteroatoms. The van der Waals surface area contributed by atoms with E-state index in [1.165, 1.54) is 16.4 Å². The average molecular weight is 560 g/mol. The maximum atomic E-state index is 13.7. The summed E-state index contributed by atoms with van der Waals surface area (Å²) in [6, 6.07) is 16.7. The topological polar surface area (TPSA) is 70.2 Å². The van der Waals surface area contributed by atoms with Gasteiger partial charge in [-0.1, -0.05) is 29.8 Å². The molecule has 0 atom stereocenters. The Morgan fingerprint density at radius 2 is 1.66 bits per heavy atom. The highest BCUT2D eigenvalue weighted by molar-refractivity contribution is 7.89. The second kappa shape index (κ2) is 12.9. The minimum atomic E-state index is -3.91. The Morgan fingerprint density at radius 1 is 0.974 bits per heavy atom. The minimum absolute atomic E-state index is 0.164.